The number of allylic oxidation sites excluding steroid dienone is 9. The summed E-state index contributed by atoms with van der Waals surface area (Å²) in [6, 6.07) is 48.9. The van der Waals surface area contributed by atoms with Gasteiger partial charge in [-0.2, -0.15) is 0 Å². The van der Waals surface area contributed by atoms with Gasteiger partial charge >= 0.3 is 0 Å². The Morgan fingerprint density at radius 1 is 0.518 bits per heavy atom. The van der Waals surface area contributed by atoms with Crippen molar-refractivity contribution in [3.8, 4) is 27.9 Å². The number of pyridine rings is 1. The van der Waals surface area contributed by atoms with Crippen molar-refractivity contribution in [3.05, 3.63) is 192 Å². The molecule has 3 aliphatic rings. The minimum atomic E-state index is 0.919. The van der Waals surface area contributed by atoms with Crippen LogP contribution in [0.1, 0.15) is 54.6 Å². The summed E-state index contributed by atoms with van der Waals surface area (Å²) in [6.45, 7) is 0. The molecule has 268 valence electrons. The Morgan fingerprint density at radius 3 is 2.07 bits per heavy atom. The predicted molar refractivity (Wildman–Crippen MR) is 237 cm³/mol. The first-order valence-corrected chi connectivity index (χ1v) is 20.1. The smallest absolute Gasteiger partial charge is 0.0971 e. The second-order valence-corrected chi connectivity index (χ2v) is 15.2. The van der Waals surface area contributed by atoms with E-state index in [0.29, 0.717) is 0 Å². The summed E-state index contributed by atoms with van der Waals surface area (Å²) >= 11 is 0. The molecule has 3 heterocycles. The lowest BCUT2D eigenvalue weighted by molar-refractivity contribution is 0.895. The predicted octanol–water partition coefficient (Wildman–Crippen LogP) is 13.9. The summed E-state index contributed by atoms with van der Waals surface area (Å²) in [6.07, 6.45) is 22.5. The lowest BCUT2D eigenvalue weighted by Gasteiger charge is -2.19. The summed E-state index contributed by atoms with van der Waals surface area (Å²) < 4.78 is 4.97. The van der Waals surface area contributed by atoms with Crippen LogP contribution in [-0.4, -0.2) is 14.1 Å². The number of para-hydroxylation sites is 2. The quantitative estimate of drug-likeness (QED) is 0.168. The number of hydrogen-bond acceptors (Lipinski definition) is 1. The molecule has 3 nitrogen and oxygen atoms in total. The van der Waals surface area contributed by atoms with Gasteiger partial charge in [-0.1, -0.05) is 127 Å². The van der Waals surface area contributed by atoms with E-state index in [9.17, 15) is 0 Å². The van der Waals surface area contributed by atoms with Crippen LogP contribution in [0.25, 0.3) is 83.7 Å². The summed E-state index contributed by atoms with van der Waals surface area (Å²) in [5.41, 5.74) is 19.6. The molecule has 0 radical (unpaired) electrons. The molecule has 0 saturated heterocycles. The first kappa shape index (κ1) is 32.7. The lowest BCUT2D eigenvalue weighted by atomic mass is 9.93. The molecule has 0 amide bonds. The number of rotatable bonds is 6. The fraction of sp³-hybridized carbons (Fsp3) is 0.113. The number of fused-ring (bicyclic) bond motifs is 6. The zero-order valence-corrected chi connectivity index (χ0v) is 31.3. The maximum absolute atomic E-state index is 5.54. The molecular formula is C53H41N3. The van der Waals surface area contributed by atoms with E-state index in [1.807, 2.05) is 0 Å². The molecule has 0 unspecified atom stereocenters. The van der Waals surface area contributed by atoms with Crippen LogP contribution in [0.3, 0.4) is 0 Å². The van der Waals surface area contributed by atoms with Crippen LogP contribution >= 0.6 is 0 Å². The zero-order valence-electron chi connectivity index (χ0n) is 31.3. The highest BCUT2D eigenvalue weighted by Gasteiger charge is 2.25. The topological polar surface area (TPSA) is 22.8 Å². The van der Waals surface area contributed by atoms with Gasteiger partial charge in [0.15, 0.2) is 0 Å². The number of nitrogens with zero attached hydrogens (tertiary/aromatic N) is 3. The van der Waals surface area contributed by atoms with Crippen LogP contribution in [-0.2, 0) is 6.42 Å². The van der Waals surface area contributed by atoms with Crippen LogP contribution in [0, 0.1) is 0 Å². The second kappa shape index (κ2) is 13.5. The van der Waals surface area contributed by atoms with Gasteiger partial charge in [0.1, 0.15) is 0 Å². The highest BCUT2D eigenvalue weighted by Crippen LogP contribution is 2.42. The third-order valence-corrected chi connectivity index (χ3v) is 11.9. The molecule has 11 rings (SSSR count). The fourth-order valence-electron chi connectivity index (χ4n) is 9.24. The Hall–Kier alpha value is -6.71. The van der Waals surface area contributed by atoms with Gasteiger partial charge < -0.3 is 9.13 Å². The van der Waals surface area contributed by atoms with Crippen molar-refractivity contribution in [2.75, 3.05) is 0 Å². The van der Waals surface area contributed by atoms with Gasteiger partial charge in [0.25, 0.3) is 0 Å². The SMILES string of the molecule is C1=CC(c2cc(-c3ccccc3)cc(-n3c4c(c5ccccc53)C=C(c3ccc5c(n3)c3cccc(-c6ccccc6)c3n5C3=CCCC=C3)CC4)c2)=CCC1. The molecule has 0 spiro atoms. The maximum Gasteiger partial charge on any atom is 0.0971 e. The van der Waals surface area contributed by atoms with Crippen molar-refractivity contribution in [1.29, 1.82) is 0 Å². The first-order chi connectivity index (χ1) is 27.8. The van der Waals surface area contributed by atoms with E-state index in [1.165, 1.54) is 83.4 Å². The van der Waals surface area contributed by atoms with E-state index in [-0.39, 0.29) is 0 Å². The fourth-order valence-corrected chi connectivity index (χ4v) is 9.24. The van der Waals surface area contributed by atoms with Gasteiger partial charge in [-0.3, -0.25) is 0 Å². The van der Waals surface area contributed by atoms with Gasteiger partial charge in [-0.25, -0.2) is 4.98 Å². The summed E-state index contributed by atoms with van der Waals surface area (Å²) in [4.78, 5) is 5.54. The molecule has 3 aliphatic carbocycles. The highest BCUT2D eigenvalue weighted by molar-refractivity contribution is 6.13. The van der Waals surface area contributed by atoms with E-state index in [4.69, 9.17) is 4.98 Å². The Balaban J connectivity index is 1.08. The molecular weight excluding hydrogens is 679 g/mol. The van der Waals surface area contributed by atoms with Crippen LogP contribution in [0.5, 0.6) is 0 Å². The molecule has 56 heavy (non-hydrogen) atoms. The van der Waals surface area contributed by atoms with E-state index < -0.39 is 0 Å². The molecule has 0 N–H and O–H groups in total. The maximum atomic E-state index is 5.54. The van der Waals surface area contributed by atoms with Crippen molar-refractivity contribution in [1.82, 2.24) is 14.1 Å². The van der Waals surface area contributed by atoms with Gasteiger partial charge in [-0.15, -0.1) is 0 Å². The Bertz CT molecular complexity index is 3000. The molecule has 3 aromatic heterocycles. The Kier molecular flexibility index (Phi) is 7.91. The minimum absolute atomic E-state index is 0.919. The van der Waals surface area contributed by atoms with Crippen molar-refractivity contribution in [2.24, 2.45) is 0 Å². The lowest BCUT2D eigenvalue weighted by Crippen LogP contribution is -2.06. The van der Waals surface area contributed by atoms with E-state index in [1.54, 1.807) is 0 Å². The summed E-state index contributed by atoms with van der Waals surface area (Å²) in [5.74, 6) is 0. The van der Waals surface area contributed by atoms with Crippen molar-refractivity contribution in [3.63, 3.8) is 0 Å². The van der Waals surface area contributed by atoms with E-state index in [2.05, 4.69) is 185 Å². The highest BCUT2D eigenvalue weighted by atomic mass is 15.0. The summed E-state index contributed by atoms with van der Waals surface area (Å²) in [7, 11) is 0. The van der Waals surface area contributed by atoms with Crippen molar-refractivity contribution in [2.45, 2.75) is 38.5 Å². The molecule has 0 saturated carbocycles. The Labute approximate surface area is 327 Å². The molecule has 8 aromatic rings. The zero-order chi connectivity index (χ0) is 37.0. The average Bonchev–Trinajstić information content (AvgIpc) is 3.80. The van der Waals surface area contributed by atoms with Gasteiger partial charge in [0.05, 0.1) is 27.8 Å². The number of aromatic nitrogens is 3. The van der Waals surface area contributed by atoms with Crippen molar-refractivity contribution >= 4 is 55.8 Å². The number of hydrogen-bond donors (Lipinski definition) is 0. The van der Waals surface area contributed by atoms with Crippen molar-refractivity contribution < 1.29 is 0 Å². The molecule has 0 bridgehead atoms. The first-order valence-electron chi connectivity index (χ1n) is 20.1. The largest absolute Gasteiger partial charge is 0.313 e. The number of benzene rings is 5. The minimum Gasteiger partial charge on any atom is -0.313 e. The normalized spacial score (nSPS) is 15.2. The van der Waals surface area contributed by atoms with Gasteiger partial charge in [0.2, 0.25) is 0 Å². The van der Waals surface area contributed by atoms with Gasteiger partial charge in [-0.05, 0) is 120 Å². The van der Waals surface area contributed by atoms with Gasteiger partial charge in [0, 0.05) is 39.0 Å². The monoisotopic (exact) mass is 719 g/mol. The van der Waals surface area contributed by atoms with Crippen LogP contribution in [0.2, 0.25) is 0 Å². The molecule has 5 aromatic carbocycles. The van der Waals surface area contributed by atoms with E-state index in [0.717, 1.165) is 55.3 Å². The molecule has 0 aliphatic heterocycles. The third kappa shape index (κ3) is 5.46. The second-order valence-electron chi connectivity index (χ2n) is 15.2. The standard InChI is InChI=1S/C53H41N3/c1-5-16-36(17-6-1)40-32-41(37-18-7-2-8-19-37)34-43(33-40)55-49-27-14-13-24-45(49)47-35-39(28-30-50(47)55)48-29-31-51-52(54-48)46-26-15-25-44(38-20-9-3-10-21-38)53(46)56(51)42-22-11-4-12-23-42/h1,3,5-7,9-11,13-27,29,31-35H,2,4,8,12,28,30H2. The average molecular weight is 720 g/mol. The Morgan fingerprint density at radius 2 is 1.27 bits per heavy atom. The van der Waals surface area contributed by atoms with Crippen LogP contribution < -0.4 is 0 Å². The van der Waals surface area contributed by atoms with Crippen LogP contribution in [0.15, 0.2) is 170 Å². The summed E-state index contributed by atoms with van der Waals surface area (Å²) in [5, 5.41) is 2.47. The third-order valence-electron chi connectivity index (χ3n) is 11.9. The molecule has 3 heteroatoms. The van der Waals surface area contributed by atoms with E-state index >= 15 is 0 Å². The molecule has 0 atom stereocenters. The van der Waals surface area contributed by atoms with Crippen LogP contribution in [0.4, 0.5) is 0 Å². The molecule has 0 fully saturated rings.